The van der Waals surface area contributed by atoms with Crippen molar-refractivity contribution in [2.75, 3.05) is 0 Å². The summed E-state index contributed by atoms with van der Waals surface area (Å²) in [5, 5.41) is 0.413. The van der Waals surface area contributed by atoms with Crippen LogP contribution in [-0.2, 0) is 32.2 Å². The third-order valence-electron chi connectivity index (χ3n) is 5.80. The third-order valence-corrected chi connectivity index (χ3v) is 9.54. The first-order chi connectivity index (χ1) is 16.0. The molecule has 0 spiro atoms. The maximum absolute atomic E-state index is 13.4. The van der Waals surface area contributed by atoms with Crippen molar-refractivity contribution in [2.24, 2.45) is 0 Å². The second-order valence-corrected chi connectivity index (χ2v) is 13.2. The van der Waals surface area contributed by atoms with Crippen molar-refractivity contribution in [3.8, 4) is 0 Å². The Morgan fingerprint density at radius 1 is 1.03 bits per heavy atom. The molecule has 0 unspecified atom stereocenters. The van der Waals surface area contributed by atoms with Gasteiger partial charge in [0.05, 0.1) is 29.1 Å². The van der Waals surface area contributed by atoms with E-state index in [1.54, 1.807) is 28.8 Å². The lowest BCUT2D eigenvalue weighted by atomic mass is 10.2. The number of aromatic nitrogens is 2. The van der Waals surface area contributed by atoms with E-state index >= 15 is 0 Å². The van der Waals surface area contributed by atoms with Crippen LogP contribution >= 0.6 is 11.6 Å². The molecule has 0 bridgehead atoms. The summed E-state index contributed by atoms with van der Waals surface area (Å²) in [5.41, 5.74) is 2.27. The zero-order chi connectivity index (χ0) is 24.7. The molecule has 3 aromatic rings. The summed E-state index contributed by atoms with van der Waals surface area (Å²) < 4.78 is 56.5. The van der Waals surface area contributed by atoms with E-state index in [2.05, 4.69) is 4.98 Å². The quantitative estimate of drug-likeness (QED) is 0.405. The average Bonchev–Trinajstić information content (AvgIpc) is 3.51. The van der Waals surface area contributed by atoms with E-state index in [1.165, 1.54) is 22.6 Å². The summed E-state index contributed by atoms with van der Waals surface area (Å²) in [7, 11) is -7.53. The van der Waals surface area contributed by atoms with Crippen molar-refractivity contribution in [1.82, 2.24) is 13.9 Å². The Balaban J connectivity index is 1.68. The average molecular weight is 522 g/mol. The van der Waals surface area contributed by atoms with Crippen LogP contribution in [0.3, 0.4) is 0 Å². The van der Waals surface area contributed by atoms with E-state index < -0.39 is 19.9 Å². The van der Waals surface area contributed by atoms with Crippen LogP contribution < -0.4 is 0 Å². The van der Waals surface area contributed by atoms with Gasteiger partial charge in [0.1, 0.15) is 0 Å². The highest BCUT2D eigenvalue weighted by atomic mass is 35.5. The maximum atomic E-state index is 13.4. The standard InChI is InChI=1S/C24H28ClN3O4S2/c1-17(2)28-22(14-26-24(28)33(29,30)16-19-6-4-18(3)5-7-19)15-27(21-10-11-21)34(31,32)23-12-8-20(25)9-13-23/h4-9,12-14,17,21H,10-11,15-16H2,1-3H3. The molecule has 1 saturated carbocycles. The minimum atomic E-state index is -3.79. The summed E-state index contributed by atoms with van der Waals surface area (Å²) in [6.07, 6.45) is 3.01. The second kappa shape index (κ2) is 9.45. The Morgan fingerprint density at radius 3 is 2.21 bits per heavy atom. The number of aryl methyl sites for hydroxylation is 1. The normalized spacial score (nSPS) is 14.8. The van der Waals surface area contributed by atoms with Gasteiger partial charge in [0.25, 0.3) is 0 Å². The van der Waals surface area contributed by atoms with Gasteiger partial charge in [0, 0.05) is 17.1 Å². The van der Waals surface area contributed by atoms with Crippen LogP contribution in [0, 0.1) is 6.92 Å². The van der Waals surface area contributed by atoms with Gasteiger partial charge in [-0.05, 0) is 63.4 Å². The topological polar surface area (TPSA) is 89.3 Å². The number of sulfone groups is 1. The van der Waals surface area contributed by atoms with Crippen LogP contribution in [-0.4, -0.2) is 36.7 Å². The molecule has 182 valence electrons. The second-order valence-electron chi connectivity index (χ2n) is 8.98. The predicted molar refractivity (Wildman–Crippen MR) is 132 cm³/mol. The van der Waals surface area contributed by atoms with Crippen molar-refractivity contribution in [2.45, 2.75) is 68.0 Å². The summed E-state index contributed by atoms with van der Waals surface area (Å²) in [4.78, 5) is 4.42. The number of benzene rings is 2. The van der Waals surface area contributed by atoms with Crippen molar-refractivity contribution in [3.05, 3.63) is 76.6 Å². The van der Waals surface area contributed by atoms with E-state index in [4.69, 9.17) is 11.6 Å². The molecule has 0 amide bonds. The molecule has 0 N–H and O–H groups in total. The van der Waals surface area contributed by atoms with Gasteiger partial charge in [0.15, 0.2) is 0 Å². The molecule has 34 heavy (non-hydrogen) atoms. The summed E-state index contributed by atoms with van der Waals surface area (Å²) in [6, 6.07) is 13.1. The lowest BCUT2D eigenvalue weighted by Crippen LogP contribution is -2.33. The highest BCUT2D eigenvalue weighted by Gasteiger charge is 2.39. The highest BCUT2D eigenvalue weighted by molar-refractivity contribution is 7.90. The molecule has 4 rings (SSSR count). The molecular weight excluding hydrogens is 494 g/mol. The number of halogens is 1. The van der Waals surface area contributed by atoms with Crippen molar-refractivity contribution >= 4 is 31.5 Å². The summed E-state index contributed by atoms with van der Waals surface area (Å²) in [5.74, 6) is -0.175. The minimum Gasteiger partial charge on any atom is -0.315 e. The number of imidazole rings is 1. The largest absolute Gasteiger partial charge is 0.315 e. The SMILES string of the molecule is Cc1ccc(CS(=O)(=O)c2ncc(CN(C3CC3)S(=O)(=O)c3ccc(Cl)cc3)n2C(C)C)cc1. The number of hydrogen-bond donors (Lipinski definition) is 0. The molecule has 0 saturated heterocycles. The van der Waals surface area contributed by atoms with Gasteiger partial charge in [0.2, 0.25) is 25.0 Å². The lowest BCUT2D eigenvalue weighted by Gasteiger charge is -2.24. The van der Waals surface area contributed by atoms with Crippen LogP contribution in [0.1, 0.15) is 49.6 Å². The van der Waals surface area contributed by atoms with Crippen molar-refractivity contribution in [3.63, 3.8) is 0 Å². The molecule has 1 fully saturated rings. The smallest absolute Gasteiger partial charge is 0.243 e. The number of hydrogen-bond acceptors (Lipinski definition) is 5. The highest BCUT2D eigenvalue weighted by Crippen LogP contribution is 2.34. The molecule has 7 nitrogen and oxygen atoms in total. The number of rotatable bonds is 9. The summed E-state index contributed by atoms with van der Waals surface area (Å²) in [6.45, 7) is 5.72. The van der Waals surface area contributed by atoms with E-state index in [9.17, 15) is 16.8 Å². The predicted octanol–water partition coefficient (Wildman–Crippen LogP) is 4.75. The van der Waals surface area contributed by atoms with Crippen LogP contribution in [0.15, 0.2) is 64.8 Å². The Bertz CT molecular complexity index is 1380. The van der Waals surface area contributed by atoms with Crippen LogP contribution in [0.25, 0.3) is 0 Å². The first-order valence-corrected chi connectivity index (χ1v) is 14.6. The maximum Gasteiger partial charge on any atom is 0.243 e. The van der Waals surface area contributed by atoms with Gasteiger partial charge in [-0.1, -0.05) is 41.4 Å². The first-order valence-electron chi connectivity index (χ1n) is 11.1. The van der Waals surface area contributed by atoms with E-state index in [0.29, 0.717) is 16.3 Å². The van der Waals surface area contributed by atoms with Crippen LogP contribution in [0.5, 0.6) is 0 Å². The van der Waals surface area contributed by atoms with Crippen molar-refractivity contribution in [1.29, 1.82) is 0 Å². The van der Waals surface area contributed by atoms with Gasteiger partial charge in [-0.2, -0.15) is 4.31 Å². The Labute approximate surface area is 206 Å². The summed E-state index contributed by atoms with van der Waals surface area (Å²) >= 11 is 5.94. The van der Waals surface area contributed by atoms with Crippen molar-refractivity contribution < 1.29 is 16.8 Å². The molecule has 0 radical (unpaired) electrons. The fourth-order valence-electron chi connectivity index (χ4n) is 3.92. The third kappa shape index (κ3) is 5.22. The Kier molecular flexibility index (Phi) is 6.92. The molecule has 1 heterocycles. The molecule has 0 aliphatic heterocycles. The first kappa shape index (κ1) is 24.9. The number of nitrogens with zero attached hydrogens (tertiary/aromatic N) is 3. The Morgan fingerprint density at radius 2 is 1.65 bits per heavy atom. The van der Waals surface area contributed by atoms with Gasteiger partial charge in [-0.15, -0.1) is 0 Å². The molecule has 1 aliphatic carbocycles. The van der Waals surface area contributed by atoms with E-state index in [-0.39, 0.29) is 34.4 Å². The monoisotopic (exact) mass is 521 g/mol. The van der Waals surface area contributed by atoms with Gasteiger partial charge >= 0.3 is 0 Å². The van der Waals surface area contributed by atoms with Gasteiger partial charge in [-0.3, -0.25) is 0 Å². The fraction of sp³-hybridized carbons (Fsp3) is 0.375. The van der Waals surface area contributed by atoms with Gasteiger partial charge < -0.3 is 4.57 Å². The fourth-order valence-corrected chi connectivity index (χ4v) is 7.30. The van der Waals surface area contributed by atoms with E-state index in [0.717, 1.165) is 18.4 Å². The van der Waals surface area contributed by atoms with Gasteiger partial charge in [-0.25, -0.2) is 21.8 Å². The molecule has 1 aliphatic rings. The molecule has 10 heteroatoms. The molecular formula is C24H28ClN3O4S2. The minimum absolute atomic E-state index is 0.0425. The van der Waals surface area contributed by atoms with Crippen LogP contribution in [0.2, 0.25) is 5.02 Å². The molecule has 2 aromatic carbocycles. The Hall–Kier alpha value is -2.20. The van der Waals surface area contributed by atoms with E-state index in [1.807, 2.05) is 32.9 Å². The molecule has 0 atom stereocenters. The molecule has 1 aromatic heterocycles. The lowest BCUT2D eigenvalue weighted by molar-refractivity contribution is 0.378. The number of sulfonamides is 1. The van der Waals surface area contributed by atoms with Crippen LogP contribution in [0.4, 0.5) is 0 Å². The zero-order valence-electron chi connectivity index (χ0n) is 19.3. The zero-order valence-corrected chi connectivity index (χ0v) is 21.7.